The average molecular weight is 370 g/mol. The van der Waals surface area contributed by atoms with Crippen molar-refractivity contribution in [2.24, 2.45) is 0 Å². The summed E-state index contributed by atoms with van der Waals surface area (Å²) in [7, 11) is 0. The summed E-state index contributed by atoms with van der Waals surface area (Å²) in [6, 6.07) is 15.9. The van der Waals surface area contributed by atoms with E-state index in [-0.39, 0.29) is 5.63 Å². The van der Waals surface area contributed by atoms with Crippen molar-refractivity contribution < 1.29 is 9.32 Å². The van der Waals surface area contributed by atoms with Crippen molar-refractivity contribution in [2.75, 3.05) is 31.1 Å². The van der Waals surface area contributed by atoms with Gasteiger partial charge in [-0.05, 0) is 36.8 Å². The first-order chi connectivity index (χ1) is 12.6. The van der Waals surface area contributed by atoms with Crippen molar-refractivity contribution >= 4 is 28.3 Å². The molecule has 1 aromatic heterocycles. The highest BCUT2D eigenvalue weighted by atomic mass is 35.5. The molecule has 4 rings (SSSR count). The zero-order valence-corrected chi connectivity index (χ0v) is 15.6. The van der Waals surface area contributed by atoms with Crippen LogP contribution in [0.25, 0.3) is 11.0 Å². The lowest BCUT2D eigenvalue weighted by molar-refractivity contribution is -0.914. The first-order valence-electron chi connectivity index (χ1n) is 8.96. The highest BCUT2D eigenvalue weighted by molar-refractivity contribution is 6.32. The number of benzene rings is 2. The van der Waals surface area contributed by atoms with Crippen LogP contribution < -0.4 is 15.4 Å². The Balaban J connectivity index is 1.53. The van der Waals surface area contributed by atoms with Gasteiger partial charge in [-0.15, -0.1) is 0 Å². The van der Waals surface area contributed by atoms with Crippen LogP contribution in [0.1, 0.15) is 11.1 Å². The minimum Gasteiger partial charge on any atom is -0.423 e. The van der Waals surface area contributed by atoms with Gasteiger partial charge >= 0.3 is 5.63 Å². The highest BCUT2D eigenvalue weighted by Crippen LogP contribution is 2.25. The van der Waals surface area contributed by atoms with Crippen LogP contribution in [-0.4, -0.2) is 26.2 Å². The molecular formula is C21H22ClN2O2+. The second-order valence-corrected chi connectivity index (χ2v) is 7.34. The summed E-state index contributed by atoms with van der Waals surface area (Å²) >= 11 is 6.30. The number of para-hydroxylation sites is 1. The number of nitrogens with zero attached hydrogens (tertiary/aromatic N) is 1. The number of rotatable bonds is 3. The van der Waals surface area contributed by atoms with Crippen LogP contribution in [0, 0.1) is 6.92 Å². The summed E-state index contributed by atoms with van der Waals surface area (Å²) in [4.78, 5) is 15.9. The predicted molar refractivity (Wildman–Crippen MR) is 105 cm³/mol. The molecule has 1 aliphatic heterocycles. The lowest BCUT2D eigenvalue weighted by atomic mass is 10.1. The van der Waals surface area contributed by atoms with Crippen molar-refractivity contribution in [2.45, 2.75) is 13.5 Å². The summed E-state index contributed by atoms with van der Waals surface area (Å²) in [5.41, 5.74) is 3.54. The van der Waals surface area contributed by atoms with Gasteiger partial charge < -0.3 is 14.2 Å². The van der Waals surface area contributed by atoms with Gasteiger partial charge in [0, 0.05) is 27.7 Å². The molecule has 1 N–H and O–H groups in total. The van der Waals surface area contributed by atoms with Crippen molar-refractivity contribution in [3.05, 3.63) is 75.1 Å². The smallest absolute Gasteiger partial charge is 0.336 e. The second kappa shape index (κ2) is 7.14. The van der Waals surface area contributed by atoms with Crippen LogP contribution in [0.15, 0.2) is 57.7 Å². The fraction of sp³-hybridized carbons (Fsp3) is 0.286. The Labute approximate surface area is 157 Å². The summed E-state index contributed by atoms with van der Waals surface area (Å²) in [5, 5.41) is 1.65. The molecular weight excluding hydrogens is 348 g/mol. The minimum atomic E-state index is -0.295. The third-order valence-electron chi connectivity index (χ3n) is 5.14. The molecule has 0 radical (unpaired) electrons. The molecule has 3 aromatic rings. The number of piperazine rings is 1. The average Bonchev–Trinajstić information content (AvgIpc) is 2.65. The molecule has 134 valence electrons. The van der Waals surface area contributed by atoms with Gasteiger partial charge in [0.2, 0.25) is 0 Å². The van der Waals surface area contributed by atoms with Gasteiger partial charge in [0.15, 0.2) is 0 Å². The van der Waals surface area contributed by atoms with Crippen LogP contribution in [-0.2, 0) is 6.54 Å². The Morgan fingerprint density at radius 2 is 1.85 bits per heavy atom. The molecule has 0 bridgehead atoms. The third-order valence-corrected chi connectivity index (χ3v) is 5.55. The van der Waals surface area contributed by atoms with Gasteiger partial charge in [-0.1, -0.05) is 29.8 Å². The molecule has 0 aliphatic carbocycles. The molecule has 5 heteroatoms. The Morgan fingerprint density at radius 1 is 1.12 bits per heavy atom. The topological polar surface area (TPSA) is 37.9 Å². The molecule has 1 aliphatic rings. The number of halogens is 1. The van der Waals surface area contributed by atoms with Crippen molar-refractivity contribution in [3.8, 4) is 0 Å². The molecule has 2 heterocycles. The number of hydrogen-bond acceptors (Lipinski definition) is 3. The summed E-state index contributed by atoms with van der Waals surface area (Å²) in [6.07, 6.45) is 0. The molecule has 1 fully saturated rings. The number of hydrogen-bond donors (Lipinski definition) is 1. The Kier molecular flexibility index (Phi) is 4.70. The largest absolute Gasteiger partial charge is 0.423 e. The zero-order chi connectivity index (χ0) is 18.1. The summed E-state index contributed by atoms with van der Waals surface area (Å²) in [6.45, 7) is 6.83. The molecule has 2 aromatic carbocycles. The van der Waals surface area contributed by atoms with E-state index in [1.807, 2.05) is 25.1 Å². The molecule has 0 atom stereocenters. The van der Waals surface area contributed by atoms with Crippen molar-refractivity contribution in [1.82, 2.24) is 0 Å². The predicted octanol–water partition coefficient (Wildman–Crippen LogP) is 2.66. The van der Waals surface area contributed by atoms with Gasteiger partial charge in [-0.2, -0.15) is 0 Å². The molecule has 0 amide bonds. The molecule has 26 heavy (non-hydrogen) atoms. The number of aryl methyl sites for hydroxylation is 1. The lowest BCUT2D eigenvalue weighted by Gasteiger charge is -2.33. The number of quaternary nitrogens is 1. The summed E-state index contributed by atoms with van der Waals surface area (Å²) in [5.74, 6) is 0. The van der Waals surface area contributed by atoms with E-state index in [4.69, 9.17) is 16.0 Å². The normalized spacial score (nSPS) is 15.5. The SMILES string of the molecule is Cc1cc2oc(=O)cc(C[NH+]3CCN(c4ccccc4)CC3)c2cc1Cl. The third kappa shape index (κ3) is 3.48. The van der Waals surface area contributed by atoms with Crippen LogP contribution in [0.5, 0.6) is 0 Å². The van der Waals surface area contributed by atoms with E-state index in [2.05, 4.69) is 29.2 Å². The molecule has 0 unspecified atom stereocenters. The monoisotopic (exact) mass is 369 g/mol. The maximum absolute atomic E-state index is 12.0. The van der Waals surface area contributed by atoms with E-state index in [9.17, 15) is 4.79 Å². The number of nitrogens with one attached hydrogen (secondary N) is 1. The van der Waals surface area contributed by atoms with E-state index >= 15 is 0 Å². The summed E-state index contributed by atoms with van der Waals surface area (Å²) < 4.78 is 5.37. The van der Waals surface area contributed by atoms with Crippen molar-refractivity contribution in [3.63, 3.8) is 0 Å². The Morgan fingerprint density at radius 3 is 2.58 bits per heavy atom. The van der Waals surface area contributed by atoms with Crippen molar-refractivity contribution in [1.29, 1.82) is 0 Å². The van der Waals surface area contributed by atoms with Crippen LogP contribution in [0.2, 0.25) is 5.02 Å². The van der Waals surface area contributed by atoms with Gasteiger partial charge in [-0.25, -0.2) is 4.79 Å². The van der Waals surface area contributed by atoms with Gasteiger partial charge in [0.25, 0.3) is 0 Å². The van der Waals surface area contributed by atoms with E-state index < -0.39 is 0 Å². The molecule has 4 nitrogen and oxygen atoms in total. The first kappa shape index (κ1) is 17.1. The van der Waals surface area contributed by atoms with Gasteiger partial charge in [0.1, 0.15) is 12.1 Å². The minimum absolute atomic E-state index is 0.295. The second-order valence-electron chi connectivity index (χ2n) is 6.94. The van der Waals surface area contributed by atoms with E-state index in [1.54, 1.807) is 6.07 Å². The molecule has 1 saturated heterocycles. The van der Waals surface area contributed by atoms with Gasteiger partial charge in [-0.3, -0.25) is 0 Å². The molecule has 0 spiro atoms. The fourth-order valence-electron chi connectivity index (χ4n) is 3.66. The Bertz CT molecular complexity index is 976. The molecule has 0 saturated carbocycles. The quantitative estimate of drug-likeness (QED) is 0.721. The van der Waals surface area contributed by atoms with E-state index in [0.717, 1.165) is 49.2 Å². The zero-order valence-electron chi connectivity index (χ0n) is 14.8. The fourth-order valence-corrected chi connectivity index (χ4v) is 3.82. The number of anilines is 1. The van der Waals surface area contributed by atoms with Crippen LogP contribution >= 0.6 is 11.6 Å². The van der Waals surface area contributed by atoms with Crippen LogP contribution in [0.3, 0.4) is 0 Å². The van der Waals surface area contributed by atoms with Crippen LogP contribution in [0.4, 0.5) is 5.69 Å². The highest BCUT2D eigenvalue weighted by Gasteiger charge is 2.21. The number of fused-ring (bicyclic) bond motifs is 1. The van der Waals surface area contributed by atoms with Gasteiger partial charge in [0.05, 0.1) is 26.2 Å². The maximum Gasteiger partial charge on any atom is 0.336 e. The standard InChI is InChI=1S/C21H21ClN2O2/c1-15-11-20-18(13-19(15)22)16(12-21(25)26-20)14-23-7-9-24(10-8-23)17-5-3-2-4-6-17/h2-6,11-13H,7-10,14H2,1H3/p+1. The Hall–Kier alpha value is -2.30. The lowest BCUT2D eigenvalue weighted by Crippen LogP contribution is -3.13. The maximum atomic E-state index is 12.0. The van der Waals surface area contributed by atoms with E-state index in [1.165, 1.54) is 10.6 Å². The first-order valence-corrected chi connectivity index (χ1v) is 9.34. The van der Waals surface area contributed by atoms with E-state index in [0.29, 0.717) is 10.6 Å².